The molecule has 1 N–H and O–H groups in total. The van der Waals surface area contributed by atoms with Gasteiger partial charge in [0.2, 0.25) is 0 Å². The first-order valence-corrected chi connectivity index (χ1v) is 10.6. The molecule has 5 nitrogen and oxygen atoms in total. The van der Waals surface area contributed by atoms with Gasteiger partial charge in [0.25, 0.3) is 5.91 Å². The Bertz CT molecular complexity index is 1080. The van der Waals surface area contributed by atoms with Gasteiger partial charge in [-0.25, -0.2) is 4.79 Å². The highest BCUT2D eigenvalue weighted by Gasteiger charge is 2.28. The van der Waals surface area contributed by atoms with Gasteiger partial charge < -0.3 is 14.5 Å². The molecule has 150 valence electrons. The highest BCUT2D eigenvalue weighted by atomic mass is 35.5. The maximum Gasteiger partial charge on any atom is 0.341 e. The largest absolute Gasteiger partial charge is 0.465 e. The van der Waals surface area contributed by atoms with Crippen molar-refractivity contribution in [3.05, 3.63) is 62.7 Å². The molecule has 3 aromatic rings. The molecule has 0 spiro atoms. The molecule has 1 amide bonds. The Morgan fingerprint density at radius 3 is 2.62 bits per heavy atom. The van der Waals surface area contributed by atoms with Gasteiger partial charge >= 0.3 is 5.97 Å². The van der Waals surface area contributed by atoms with Crippen LogP contribution in [0.3, 0.4) is 0 Å². The van der Waals surface area contributed by atoms with Crippen LogP contribution in [0, 0.1) is 6.92 Å². The summed E-state index contributed by atoms with van der Waals surface area (Å²) in [6, 6.07) is 8.93. The molecule has 0 saturated heterocycles. The number of ether oxygens (including phenoxy) is 1. The van der Waals surface area contributed by atoms with Crippen LogP contribution in [0.4, 0.5) is 5.00 Å². The van der Waals surface area contributed by atoms with E-state index in [1.807, 2.05) is 12.1 Å². The second kappa shape index (κ2) is 8.05. The summed E-state index contributed by atoms with van der Waals surface area (Å²) in [6.45, 7) is 1.75. The van der Waals surface area contributed by atoms with Crippen LogP contribution < -0.4 is 5.32 Å². The fourth-order valence-corrected chi connectivity index (χ4v) is 5.00. The monoisotopic (exact) mass is 429 g/mol. The number of thiophene rings is 1. The molecule has 7 heteroatoms. The summed E-state index contributed by atoms with van der Waals surface area (Å²) < 4.78 is 10.8. The number of halogens is 1. The van der Waals surface area contributed by atoms with E-state index >= 15 is 0 Å². The van der Waals surface area contributed by atoms with Crippen LogP contribution >= 0.6 is 22.9 Å². The third-order valence-electron chi connectivity index (χ3n) is 5.08. The first-order chi connectivity index (χ1) is 14.0. The van der Waals surface area contributed by atoms with Crippen LogP contribution in [-0.2, 0) is 17.6 Å². The van der Waals surface area contributed by atoms with E-state index in [1.54, 1.807) is 25.1 Å². The van der Waals surface area contributed by atoms with Gasteiger partial charge in [0, 0.05) is 15.5 Å². The molecule has 0 saturated carbocycles. The van der Waals surface area contributed by atoms with Crippen LogP contribution in [0.5, 0.6) is 0 Å². The number of anilines is 1. The fourth-order valence-electron chi connectivity index (χ4n) is 3.61. The number of fused-ring (bicyclic) bond motifs is 1. The molecule has 1 aliphatic carbocycles. The zero-order valence-corrected chi connectivity index (χ0v) is 17.7. The number of hydrogen-bond donors (Lipinski definition) is 1. The molecule has 0 bridgehead atoms. The van der Waals surface area contributed by atoms with Gasteiger partial charge in [-0.3, -0.25) is 4.79 Å². The highest BCUT2D eigenvalue weighted by Crippen LogP contribution is 2.39. The van der Waals surface area contributed by atoms with Crippen molar-refractivity contribution in [3.8, 4) is 11.3 Å². The van der Waals surface area contributed by atoms with Crippen molar-refractivity contribution < 1.29 is 18.7 Å². The second-order valence-electron chi connectivity index (χ2n) is 6.95. The Labute approximate surface area is 177 Å². The van der Waals surface area contributed by atoms with E-state index in [0.29, 0.717) is 32.7 Å². The SMILES string of the molecule is COC(=O)c1c(NC(=O)c2cc(-c3ccc(Cl)cc3)oc2C)sc2c1CCCC2. The highest BCUT2D eigenvalue weighted by molar-refractivity contribution is 7.17. The number of carbonyl (C=O) groups excluding carboxylic acids is 2. The third kappa shape index (κ3) is 3.82. The molecule has 29 heavy (non-hydrogen) atoms. The number of hydrogen-bond acceptors (Lipinski definition) is 5. The lowest BCUT2D eigenvalue weighted by molar-refractivity contribution is 0.0601. The van der Waals surface area contributed by atoms with Crippen LogP contribution in [0.15, 0.2) is 34.7 Å². The first-order valence-electron chi connectivity index (χ1n) is 9.38. The van der Waals surface area contributed by atoms with Crippen molar-refractivity contribution in [3.63, 3.8) is 0 Å². The van der Waals surface area contributed by atoms with E-state index in [-0.39, 0.29) is 5.91 Å². The van der Waals surface area contributed by atoms with Crippen LogP contribution in [-0.4, -0.2) is 19.0 Å². The summed E-state index contributed by atoms with van der Waals surface area (Å²) in [6.07, 6.45) is 3.88. The molecule has 4 rings (SSSR count). The van der Waals surface area contributed by atoms with E-state index in [0.717, 1.165) is 41.7 Å². The second-order valence-corrected chi connectivity index (χ2v) is 8.49. The Morgan fingerprint density at radius 2 is 1.90 bits per heavy atom. The predicted octanol–water partition coefficient (Wildman–Crippen LogP) is 5.89. The smallest absolute Gasteiger partial charge is 0.341 e. The Hall–Kier alpha value is -2.57. The van der Waals surface area contributed by atoms with Gasteiger partial charge in [-0.05, 0) is 68.5 Å². The normalized spacial score (nSPS) is 13.1. The molecule has 1 aromatic carbocycles. The van der Waals surface area contributed by atoms with Crippen molar-refractivity contribution in [2.45, 2.75) is 32.6 Å². The first kappa shape index (κ1) is 19.7. The molecule has 0 unspecified atom stereocenters. The van der Waals surface area contributed by atoms with Gasteiger partial charge in [0.15, 0.2) is 0 Å². The van der Waals surface area contributed by atoms with Crippen molar-refractivity contribution in [1.82, 2.24) is 0 Å². The molecule has 2 heterocycles. The summed E-state index contributed by atoms with van der Waals surface area (Å²) >= 11 is 7.40. The number of aryl methyl sites for hydroxylation is 2. The predicted molar refractivity (Wildman–Crippen MR) is 114 cm³/mol. The number of methoxy groups -OCH3 is 1. The summed E-state index contributed by atoms with van der Waals surface area (Å²) in [5.74, 6) is 0.372. The maximum absolute atomic E-state index is 13.0. The van der Waals surface area contributed by atoms with Crippen molar-refractivity contribution >= 4 is 39.8 Å². The lowest BCUT2D eigenvalue weighted by atomic mass is 9.95. The number of amides is 1. The number of carbonyl (C=O) groups is 2. The Kier molecular flexibility index (Phi) is 5.48. The van der Waals surface area contributed by atoms with E-state index in [2.05, 4.69) is 5.32 Å². The molecular formula is C22H20ClNO4S. The number of rotatable bonds is 4. The topological polar surface area (TPSA) is 68.5 Å². The molecule has 0 aliphatic heterocycles. The molecule has 0 atom stereocenters. The number of furan rings is 1. The fraction of sp³-hybridized carbons (Fsp3) is 0.273. The molecular weight excluding hydrogens is 410 g/mol. The average Bonchev–Trinajstić information content (AvgIpc) is 3.28. The van der Waals surface area contributed by atoms with Gasteiger partial charge in [-0.2, -0.15) is 0 Å². The van der Waals surface area contributed by atoms with Crippen molar-refractivity contribution in [2.24, 2.45) is 0 Å². The summed E-state index contributed by atoms with van der Waals surface area (Å²) in [4.78, 5) is 26.5. The Morgan fingerprint density at radius 1 is 1.17 bits per heavy atom. The Balaban J connectivity index is 1.64. The van der Waals surface area contributed by atoms with Crippen molar-refractivity contribution in [1.29, 1.82) is 0 Å². The molecule has 0 radical (unpaired) electrons. The van der Waals surface area contributed by atoms with E-state index in [9.17, 15) is 9.59 Å². The van der Waals surface area contributed by atoms with E-state index in [1.165, 1.54) is 18.4 Å². The third-order valence-corrected chi connectivity index (χ3v) is 6.54. The van der Waals surface area contributed by atoms with Gasteiger partial charge in [0.1, 0.15) is 16.5 Å². The van der Waals surface area contributed by atoms with Gasteiger partial charge in [-0.1, -0.05) is 11.6 Å². The van der Waals surface area contributed by atoms with E-state index < -0.39 is 5.97 Å². The van der Waals surface area contributed by atoms with Gasteiger partial charge in [0.05, 0.1) is 18.2 Å². The number of esters is 1. The van der Waals surface area contributed by atoms with E-state index in [4.69, 9.17) is 20.8 Å². The summed E-state index contributed by atoms with van der Waals surface area (Å²) in [5.41, 5.74) is 2.75. The number of benzene rings is 1. The minimum atomic E-state index is -0.412. The number of nitrogens with one attached hydrogen (secondary N) is 1. The summed E-state index contributed by atoms with van der Waals surface area (Å²) in [5, 5.41) is 4.09. The minimum absolute atomic E-state index is 0.310. The van der Waals surface area contributed by atoms with Crippen LogP contribution in [0.25, 0.3) is 11.3 Å². The molecule has 1 aliphatic rings. The van der Waals surface area contributed by atoms with Gasteiger partial charge in [-0.15, -0.1) is 11.3 Å². The lowest BCUT2D eigenvalue weighted by Crippen LogP contribution is -2.15. The van der Waals surface area contributed by atoms with Crippen LogP contribution in [0.2, 0.25) is 5.02 Å². The zero-order valence-electron chi connectivity index (χ0n) is 16.1. The standard InChI is InChI=1S/C22H20ClNO4S/c1-12-16(11-17(28-12)13-7-9-14(23)10-8-13)20(25)24-21-19(22(26)27-2)15-5-3-4-6-18(15)29-21/h7-11H,3-6H2,1-2H3,(H,24,25). The van der Waals surface area contributed by atoms with Crippen LogP contribution in [0.1, 0.15) is 49.8 Å². The minimum Gasteiger partial charge on any atom is -0.465 e. The molecule has 0 fully saturated rings. The maximum atomic E-state index is 13.0. The zero-order chi connectivity index (χ0) is 20.5. The molecule has 2 aromatic heterocycles. The summed E-state index contributed by atoms with van der Waals surface area (Å²) in [7, 11) is 1.36. The average molecular weight is 430 g/mol. The lowest BCUT2D eigenvalue weighted by Gasteiger charge is -2.11. The quantitative estimate of drug-likeness (QED) is 0.525. The van der Waals surface area contributed by atoms with Crippen molar-refractivity contribution in [2.75, 3.05) is 12.4 Å².